The van der Waals surface area contributed by atoms with Crippen molar-refractivity contribution in [3.63, 3.8) is 0 Å². The van der Waals surface area contributed by atoms with Crippen molar-refractivity contribution in [1.82, 2.24) is 14.9 Å². The van der Waals surface area contributed by atoms with Gasteiger partial charge in [-0.3, -0.25) is 9.59 Å². The van der Waals surface area contributed by atoms with Gasteiger partial charge in [0.15, 0.2) is 0 Å². The second-order valence-corrected chi connectivity index (χ2v) is 14.2. The highest BCUT2D eigenvalue weighted by Gasteiger charge is 2.51. The van der Waals surface area contributed by atoms with Gasteiger partial charge in [0.2, 0.25) is 15.9 Å². The van der Waals surface area contributed by atoms with Crippen LogP contribution in [0.25, 0.3) is 0 Å². The highest BCUT2D eigenvalue weighted by Crippen LogP contribution is 2.42. The van der Waals surface area contributed by atoms with Crippen LogP contribution in [0.3, 0.4) is 0 Å². The Labute approximate surface area is 227 Å². The van der Waals surface area contributed by atoms with E-state index >= 15 is 0 Å². The molecule has 1 aliphatic heterocycles. The minimum absolute atomic E-state index is 0.0611. The van der Waals surface area contributed by atoms with E-state index in [4.69, 9.17) is 0 Å². The van der Waals surface area contributed by atoms with E-state index in [9.17, 15) is 18.0 Å². The molecular weight excluding hydrogens is 498 g/mol. The van der Waals surface area contributed by atoms with Gasteiger partial charge in [0.05, 0.1) is 4.90 Å². The zero-order chi connectivity index (χ0) is 28.5. The third-order valence-electron chi connectivity index (χ3n) is 7.05. The van der Waals surface area contributed by atoms with Gasteiger partial charge in [0.1, 0.15) is 0 Å². The summed E-state index contributed by atoms with van der Waals surface area (Å²) in [5, 5.41) is 5.83. The molecule has 0 saturated carbocycles. The lowest BCUT2D eigenvalue weighted by atomic mass is 9.79. The normalized spacial score (nSPS) is 18.0. The molecule has 38 heavy (non-hydrogen) atoms. The van der Waals surface area contributed by atoms with Crippen molar-refractivity contribution in [2.45, 2.75) is 95.3 Å². The molecule has 0 radical (unpaired) electrons. The lowest BCUT2D eigenvalue weighted by Gasteiger charge is -2.53. The molecular formula is C30H41N3O4S. The molecule has 8 heteroatoms. The van der Waals surface area contributed by atoms with Crippen LogP contribution in [-0.4, -0.2) is 41.7 Å². The van der Waals surface area contributed by atoms with Gasteiger partial charge < -0.3 is 10.6 Å². The average molecular weight is 540 g/mol. The number of nitrogens with zero attached hydrogens (tertiary/aromatic N) is 1. The van der Waals surface area contributed by atoms with Gasteiger partial charge in [0.25, 0.3) is 5.91 Å². The van der Waals surface area contributed by atoms with Gasteiger partial charge in [-0.2, -0.15) is 4.31 Å². The van der Waals surface area contributed by atoms with Crippen LogP contribution >= 0.6 is 0 Å². The lowest BCUT2D eigenvalue weighted by molar-refractivity contribution is -0.118. The van der Waals surface area contributed by atoms with Crippen LogP contribution in [0.5, 0.6) is 0 Å². The third-order valence-corrected chi connectivity index (χ3v) is 9.39. The number of amides is 2. The van der Waals surface area contributed by atoms with E-state index in [1.54, 1.807) is 16.4 Å². The number of carbonyl (C=O) groups is 2. The molecule has 3 rings (SSSR count). The molecule has 0 unspecified atom stereocenters. The van der Waals surface area contributed by atoms with Gasteiger partial charge in [-0.15, -0.1) is 0 Å². The second-order valence-electron chi connectivity index (χ2n) is 12.4. The molecule has 7 nitrogen and oxygen atoms in total. The van der Waals surface area contributed by atoms with Gasteiger partial charge in [-0.25, -0.2) is 8.42 Å². The van der Waals surface area contributed by atoms with Crippen LogP contribution in [0.1, 0.15) is 82.8 Å². The maximum absolute atomic E-state index is 13.8. The topological polar surface area (TPSA) is 95.6 Å². The van der Waals surface area contributed by atoms with Crippen LogP contribution < -0.4 is 10.6 Å². The number of rotatable bonds is 7. The van der Waals surface area contributed by atoms with Gasteiger partial charge in [-0.05, 0) is 87.4 Å². The van der Waals surface area contributed by atoms with Crippen molar-refractivity contribution in [3.05, 3.63) is 77.9 Å². The Kier molecular flexibility index (Phi) is 8.29. The first-order valence-electron chi connectivity index (χ1n) is 12.9. The Morgan fingerprint density at radius 2 is 1.50 bits per heavy atom. The van der Waals surface area contributed by atoms with Gasteiger partial charge >= 0.3 is 0 Å². The summed E-state index contributed by atoms with van der Waals surface area (Å²) < 4.78 is 29.2. The molecule has 0 atom stereocenters. The summed E-state index contributed by atoms with van der Waals surface area (Å²) in [4.78, 5) is 24.7. The largest absolute Gasteiger partial charge is 0.350 e. The monoisotopic (exact) mass is 539 g/mol. The smallest absolute Gasteiger partial charge is 0.251 e. The van der Waals surface area contributed by atoms with Crippen molar-refractivity contribution < 1.29 is 18.0 Å². The maximum atomic E-state index is 13.8. The SMILES string of the molecule is C=CC(=O)NC1CC(C)(C)N(S(=O)(=O)c2ccc(C(=O)NCc3ccc(C(C)(C)C)cc3)cc2)C(C)(C)C1. The zero-order valence-electron chi connectivity index (χ0n) is 23.6. The fraction of sp³-hybridized carbons (Fsp3) is 0.467. The molecule has 1 saturated heterocycles. The van der Waals surface area contributed by atoms with Gasteiger partial charge in [0, 0.05) is 29.2 Å². The number of hydrogen-bond donors (Lipinski definition) is 2. The van der Waals surface area contributed by atoms with Gasteiger partial charge in [-0.1, -0.05) is 51.6 Å². The fourth-order valence-corrected chi connectivity index (χ4v) is 7.71. The fourth-order valence-electron chi connectivity index (χ4n) is 5.57. The molecule has 1 fully saturated rings. The Morgan fingerprint density at radius 1 is 0.974 bits per heavy atom. The van der Waals surface area contributed by atoms with E-state index in [0.717, 1.165) is 5.56 Å². The number of benzene rings is 2. The number of carbonyl (C=O) groups excluding carboxylic acids is 2. The maximum Gasteiger partial charge on any atom is 0.251 e. The molecule has 2 N–H and O–H groups in total. The highest BCUT2D eigenvalue weighted by atomic mass is 32.2. The molecule has 206 valence electrons. The highest BCUT2D eigenvalue weighted by molar-refractivity contribution is 7.89. The van der Waals surface area contributed by atoms with Crippen LogP contribution in [-0.2, 0) is 26.8 Å². The molecule has 0 bridgehead atoms. The summed E-state index contributed by atoms with van der Waals surface area (Å²) in [6.45, 7) is 17.8. The van der Waals surface area contributed by atoms with Crippen LogP contribution in [0, 0.1) is 0 Å². The Bertz CT molecular complexity index is 1270. The lowest BCUT2D eigenvalue weighted by Crippen LogP contribution is -2.65. The first-order valence-corrected chi connectivity index (χ1v) is 14.4. The number of sulfonamides is 1. The van der Waals surface area contributed by atoms with Crippen molar-refractivity contribution >= 4 is 21.8 Å². The number of hydrogen-bond acceptors (Lipinski definition) is 4. The summed E-state index contributed by atoms with van der Waals surface area (Å²) in [6.07, 6.45) is 2.16. The minimum atomic E-state index is -3.88. The van der Waals surface area contributed by atoms with E-state index in [1.807, 2.05) is 39.8 Å². The Hall–Kier alpha value is -2.97. The molecule has 1 heterocycles. The molecule has 0 spiro atoms. The summed E-state index contributed by atoms with van der Waals surface area (Å²) >= 11 is 0. The first kappa shape index (κ1) is 29.6. The van der Waals surface area contributed by atoms with E-state index in [-0.39, 0.29) is 28.2 Å². The molecule has 2 amide bonds. The Morgan fingerprint density at radius 3 is 1.97 bits per heavy atom. The first-order chi connectivity index (χ1) is 17.5. The van der Waals surface area contributed by atoms with Crippen molar-refractivity contribution in [1.29, 1.82) is 0 Å². The predicted octanol–water partition coefficient (Wildman–Crippen LogP) is 4.93. The van der Waals surface area contributed by atoms with Crippen LogP contribution in [0.4, 0.5) is 0 Å². The summed E-state index contributed by atoms with van der Waals surface area (Å²) in [5.74, 6) is -0.540. The minimum Gasteiger partial charge on any atom is -0.350 e. The van der Waals surface area contributed by atoms with Crippen molar-refractivity contribution in [2.24, 2.45) is 0 Å². The summed E-state index contributed by atoms with van der Waals surface area (Å²) in [5.41, 5.74) is 1.16. The molecule has 0 aliphatic carbocycles. The van der Waals surface area contributed by atoms with Crippen LogP contribution in [0.2, 0.25) is 0 Å². The summed E-state index contributed by atoms with van der Waals surface area (Å²) in [7, 11) is -3.88. The Balaban J connectivity index is 1.73. The molecule has 2 aromatic rings. The quantitative estimate of drug-likeness (QED) is 0.488. The van der Waals surface area contributed by atoms with E-state index in [0.29, 0.717) is 24.9 Å². The van der Waals surface area contributed by atoms with E-state index < -0.39 is 21.1 Å². The number of piperidine rings is 1. The standard InChI is InChI=1S/C30H41N3O4S/c1-9-26(34)32-24-18-29(5,6)33(30(7,8)19-24)38(36,37)25-16-12-22(13-17-25)27(35)31-20-21-10-14-23(15-11-21)28(2,3)4/h9-17,24H,1,18-20H2,2-8H3,(H,31,35)(H,32,34). The zero-order valence-corrected chi connectivity index (χ0v) is 24.4. The molecule has 0 aromatic heterocycles. The van der Waals surface area contributed by atoms with Crippen molar-refractivity contribution in [2.75, 3.05) is 0 Å². The predicted molar refractivity (Wildman–Crippen MR) is 151 cm³/mol. The molecule has 1 aliphatic rings. The number of nitrogens with one attached hydrogen (secondary N) is 2. The van der Waals surface area contributed by atoms with E-state index in [2.05, 4.69) is 50.1 Å². The average Bonchev–Trinajstić information content (AvgIpc) is 2.80. The van der Waals surface area contributed by atoms with Crippen LogP contribution in [0.15, 0.2) is 66.1 Å². The third kappa shape index (κ3) is 6.53. The summed E-state index contributed by atoms with van der Waals surface area (Å²) in [6, 6.07) is 14.0. The molecule has 2 aromatic carbocycles. The van der Waals surface area contributed by atoms with E-state index in [1.165, 1.54) is 23.8 Å². The second kappa shape index (κ2) is 10.7. The van der Waals surface area contributed by atoms with Crippen molar-refractivity contribution in [3.8, 4) is 0 Å².